The van der Waals surface area contributed by atoms with Crippen molar-refractivity contribution < 1.29 is 4.92 Å². The summed E-state index contributed by atoms with van der Waals surface area (Å²) in [5, 5.41) is 17.4. The molecule has 0 saturated heterocycles. The first-order valence-electron chi connectivity index (χ1n) is 5.89. The second-order valence-corrected chi connectivity index (χ2v) is 4.62. The van der Waals surface area contributed by atoms with Gasteiger partial charge in [0.05, 0.1) is 18.1 Å². The molecular weight excluding hydrogens is 330 g/mol. The quantitative estimate of drug-likeness (QED) is 0.627. The summed E-state index contributed by atoms with van der Waals surface area (Å²) in [7, 11) is 0. The van der Waals surface area contributed by atoms with Gasteiger partial charge in [-0.3, -0.25) is 4.98 Å². The van der Waals surface area contributed by atoms with Gasteiger partial charge in [0.2, 0.25) is 0 Å². The molecule has 9 nitrogen and oxygen atoms in total. The molecule has 0 aliphatic carbocycles. The van der Waals surface area contributed by atoms with Gasteiger partial charge in [-0.1, -0.05) is 6.92 Å². The van der Waals surface area contributed by atoms with Crippen LogP contribution in [-0.4, -0.2) is 36.2 Å². The molecule has 0 unspecified atom stereocenters. The van der Waals surface area contributed by atoms with Crippen LogP contribution in [0.15, 0.2) is 17.1 Å². The van der Waals surface area contributed by atoms with E-state index in [-0.39, 0.29) is 11.3 Å². The van der Waals surface area contributed by atoms with Crippen molar-refractivity contribution >= 4 is 27.7 Å². The maximum Gasteiger partial charge on any atom is 0.492 e. The van der Waals surface area contributed by atoms with E-state index in [0.717, 1.165) is 13.0 Å². The maximum atomic E-state index is 10.6. The van der Waals surface area contributed by atoms with Crippen molar-refractivity contribution in [3.05, 3.63) is 32.9 Å². The summed E-state index contributed by atoms with van der Waals surface area (Å²) in [6.07, 6.45) is 4.21. The zero-order valence-corrected chi connectivity index (χ0v) is 12.2. The summed E-state index contributed by atoms with van der Waals surface area (Å²) < 4.78 is 1.63. The zero-order chi connectivity index (χ0) is 14.5. The van der Waals surface area contributed by atoms with Crippen molar-refractivity contribution in [2.75, 3.05) is 11.9 Å². The number of aromatic nitrogens is 5. The topological polar surface area (TPSA) is 112 Å². The number of rotatable bonds is 6. The van der Waals surface area contributed by atoms with Crippen molar-refractivity contribution in [1.82, 2.24) is 24.7 Å². The van der Waals surface area contributed by atoms with E-state index >= 15 is 0 Å². The molecular formula is C10H12BrN7O2. The van der Waals surface area contributed by atoms with Crippen LogP contribution in [0.3, 0.4) is 0 Å². The minimum Gasteiger partial charge on any atom is -0.390 e. The molecule has 0 saturated carbocycles. The second-order valence-electron chi connectivity index (χ2n) is 3.92. The lowest BCUT2D eigenvalue weighted by Crippen LogP contribution is -2.07. The molecule has 2 aromatic rings. The molecule has 0 aromatic carbocycles. The Balaban J connectivity index is 2.08. The largest absolute Gasteiger partial charge is 0.492 e. The Bertz CT molecular complexity index is 598. The van der Waals surface area contributed by atoms with Crippen LogP contribution in [0.4, 0.5) is 11.8 Å². The number of nitrogens with zero attached hydrogens (tertiary/aromatic N) is 6. The SMILES string of the molecule is CCCNc1cnc(Cn2nc([N+](=O)[O-])nc2Br)cn1. The molecule has 10 heteroatoms. The van der Waals surface area contributed by atoms with Crippen LogP contribution in [0.2, 0.25) is 0 Å². The lowest BCUT2D eigenvalue weighted by Gasteiger charge is -2.03. The minimum absolute atomic E-state index is 0.252. The first kappa shape index (κ1) is 14.3. The number of hydrogen-bond acceptors (Lipinski definition) is 7. The smallest absolute Gasteiger partial charge is 0.390 e. The highest BCUT2D eigenvalue weighted by Gasteiger charge is 2.19. The third-order valence-corrected chi connectivity index (χ3v) is 2.94. The molecule has 0 aliphatic heterocycles. The first-order chi connectivity index (χ1) is 9.60. The molecule has 0 atom stereocenters. The predicted molar refractivity (Wildman–Crippen MR) is 74.3 cm³/mol. The van der Waals surface area contributed by atoms with Crippen LogP contribution >= 0.6 is 15.9 Å². The van der Waals surface area contributed by atoms with Crippen LogP contribution in [0.25, 0.3) is 0 Å². The van der Waals surface area contributed by atoms with Crippen LogP contribution in [0.1, 0.15) is 19.0 Å². The van der Waals surface area contributed by atoms with Gasteiger partial charge in [0.15, 0.2) is 0 Å². The van der Waals surface area contributed by atoms with Gasteiger partial charge in [0.1, 0.15) is 12.4 Å². The number of anilines is 1. The average molecular weight is 342 g/mol. The maximum absolute atomic E-state index is 10.6. The van der Waals surface area contributed by atoms with Crippen LogP contribution < -0.4 is 5.32 Å². The second kappa shape index (κ2) is 6.37. The van der Waals surface area contributed by atoms with E-state index in [2.05, 4.69) is 48.2 Å². The first-order valence-corrected chi connectivity index (χ1v) is 6.69. The monoisotopic (exact) mass is 341 g/mol. The number of nitrogens with one attached hydrogen (secondary N) is 1. The van der Waals surface area contributed by atoms with Gasteiger partial charge in [-0.25, -0.2) is 4.98 Å². The average Bonchev–Trinajstić information content (AvgIpc) is 2.80. The van der Waals surface area contributed by atoms with E-state index in [4.69, 9.17) is 0 Å². The van der Waals surface area contributed by atoms with E-state index in [0.29, 0.717) is 11.5 Å². The molecule has 2 rings (SSSR count). The van der Waals surface area contributed by atoms with Crippen LogP contribution in [0, 0.1) is 10.1 Å². The normalized spacial score (nSPS) is 10.5. The van der Waals surface area contributed by atoms with E-state index in [1.165, 1.54) is 4.68 Å². The number of nitro groups is 1. The Morgan fingerprint density at radius 3 is 2.80 bits per heavy atom. The lowest BCUT2D eigenvalue weighted by atomic mass is 10.4. The predicted octanol–water partition coefficient (Wildman–Crippen LogP) is 1.61. The molecule has 106 valence electrons. The fraction of sp³-hybridized carbons (Fsp3) is 0.400. The van der Waals surface area contributed by atoms with Crippen molar-refractivity contribution in [2.45, 2.75) is 19.9 Å². The highest BCUT2D eigenvalue weighted by atomic mass is 79.9. The summed E-state index contributed by atoms with van der Waals surface area (Å²) in [6, 6.07) is 0. The van der Waals surface area contributed by atoms with E-state index < -0.39 is 10.9 Å². The number of hydrogen-bond donors (Lipinski definition) is 1. The Morgan fingerprint density at radius 1 is 1.45 bits per heavy atom. The fourth-order valence-electron chi connectivity index (χ4n) is 1.42. The Kier molecular flexibility index (Phi) is 4.56. The van der Waals surface area contributed by atoms with Gasteiger partial charge in [-0.05, 0) is 16.3 Å². The molecule has 0 spiro atoms. The van der Waals surface area contributed by atoms with Crippen molar-refractivity contribution in [3.63, 3.8) is 0 Å². The van der Waals surface area contributed by atoms with Crippen molar-refractivity contribution in [3.8, 4) is 0 Å². The van der Waals surface area contributed by atoms with E-state index in [1.807, 2.05) is 0 Å². The third kappa shape index (κ3) is 3.47. The van der Waals surface area contributed by atoms with Gasteiger partial charge in [-0.2, -0.15) is 4.68 Å². The Labute approximate surface area is 122 Å². The van der Waals surface area contributed by atoms with Crippen LogP contribution in [-0.2, 0) is 6.54 Å². The summed E-state index contributed by atoms with van der Waals surface area (Å²) >= 11 is 3.12. The standard InChI is InChI=1S/C10H12BrN7O2/c1-2-3-12-8-5-13-7(4-14-8)6-17-9(11)15-10(16-17)18(19)20/h4-5H,2-3,6H2,1H3,(H,12,14). The lowest BCUT2D eigenvalue weighted by molar-refractivity contribution is -0.394. The van der Waals surface area contributed by atoms with Gasteiger partial charge in [0, 0.05) is 27.6 Å². The van der Waals surface area contributed by atoms with Gasteiger partial charge < -0.3 is 15.4 Å². The van der Waals surface area contributed by atoms with Gasteiger partial charge in [-0.15, -0.1) is 0 Å². The minimum atomic E-state index is -0.648. The molecule has 0 amide bonds. The summed E-state index contributed by atoms with van der Waals surface area (Å²) in [4.78, 5) is 22.0. The highest BCUT2D eigenvalue weighted by molar-refractivity contribution is 9.10. The fourth-order valence-corrected chi connectivity index (χ4v) is 1.79. The summed E-state index contributed by atoms with van der Waals surface area (Å²) in [5.41, 5.74) is 0.632. The summed E-state index contributed by atoms with van der Waals surface area (Å²) in [5.74, 6) is 0.241. The van der Waals surface area contributed by atoms with Crippen molar-refractivity contribution in [2.24, 2.45) is 0 Å². The van der Waals surface area contributed by atoms with Gasteiger partial charge in [0.25, 0.3) is 4.73 Å². The van der Waals surface area contributed by atoms with Crippen LogP contribution in [0.5, 0.6) is 0 Å². The molecule has 0 radical (unpaired) electrons. The molecule has 2 heterocycles. The molecule has 2 aromatic heterocycles. The van der Waals surface area contributed by atoms with Crippen molar-refractivity contribution in [1.29, 1.82) is 0 Å². The summed E-state index contributed by atoms with van der Waals surface area (Å²) in [6.45, 7) is 3.14. The van der Waals surface area contributed by atoms with E-state index in [9.17, 15) is 10.1 Å². The molecule has 0 fully saturated rings. The Hall–Kier alpha value is -2.10. The van der Waals surface area contributed by atoms with Gasteiger partial charge >= 0.3 is 5.95 Å². The molecule has 0 aliphatic rings. The number of halogens is 1. The van der Waals surface area contributed by atoms with E-state index in [1.54, 1.807) is 12.4 Å². The Morgan fingerprint density at radius 2 is 2.25 bits per heavy atom. The third-order valence-electron chi connectivity index (χ3n) is 2.35. The molecule has 20 heavy (non-hydrogen) atoms. The molecule has 1 N–H and O–H groups in total. The zero-order valence-electron chi connectivity index (χ0n) is 10.7. The highest BCUT2D eigenvalue weighted by Crippen LogP contribution is 2.13. The molecule has 0 bridgehead atoms.